The molecule has 0 spiro atoms. The van der Waals surface area contributed by atoms with Gasteiger partial charge in [-0.25, -0.2) is 0 Å². The highest BCUT2D eigenvalue weighted by Crippen LogP contribution is 2.30. The van der Waals surface area contributed by atoms with Gasteiger partial charge < -0.3 is 4.90 Å². The first kappa shape index (κ1) is 15.1. The first-order chi connectivity index (χ1) is 10.5. The number of piperidine rings is 1. The van der Waals surface area contributed by atoms with Crippen LogP contribution in [-0.2, 0) is 14.4 Å². The third-order valence-electron chi connectivity index (χ3n) is 4.19. The molecule has 0 atom stereocenters. The number of likely N-dealkylation sites (tertiary alicyclic amines) is 2. The van der Waals surface area contributed by atoms with Gasteiger partial charge in [0.05, 0.1) is 0 Å². The van der Waals surface area contributed by atoms with Gasteiger partial charge in [-0.15, -0.1) is 21.5 Å². The lowest BCUT2D eigenvalue weighted by Crippen LogP contribution is -2.45. The summed E-state index contributed by atoms with van der Waals surface area (Å²) in [6.07, 6.45) is 2.15. The summed E-state index contributed by atoms with van der Waals surface area (Å²) in [5.74, 6) is -0.268. The standard InChI is InChI=1S/C14H18N4O3S/c1-9-15-16-14(22-9)10-4-6-17(7-5-10)13(21)8-18-11(19)2-3-12(18)20/h10H,2-8H2,1H3. The van der Waals surface area contributed by atoms with Gasteiger partial charge in [-0.1, -0.05) is 0 Å². The van der Waals surface area contributed by atoms with Gasteiger partial charge in [-0.05, 0) is 19.8 Å². The second-order valence-electron chi connectivity index (χ2n) is 5.69. The van der Waals surface area contributed by atoms with Gasteiger partial charge in [0.25, 0.3) is 0 Å². The second kappa shape index (κ2) is 6.12. The van der Waals surface area contributed by atoms with Gasteiger partial charge in [0.2, 0.25) is 17.7 Å². The van der Waals surface area contributed by atoms with Gasteiger partial charge in [0.1, 0.15) is 16.6 Å². The fraction of sp³-hybridized carbons (Fsp3) is 0.643. The van der Waals surface area contributed by atoms with Crippen molar-refractivity contribution >= 4 is 29.1 Å². The Balaban J connectivity index is 1.53. The third kappa shape index (κ3) is 3.01. The number of imide groups is 1. The van der Waals surface area contributed by atoms with Gasteiger partial charge in [-0.3, -0.25) is 19.3 Å². The van der Waals surface area contributed by atoms with Crippen LogP contribution in [0.2, 0.25) is 0 Å². The smallest absolute Gasteiger partial charge is 0.242 e. The van der Waals surface area contributed by atoms with Crippen molar-refractivity contribution in [2.45, 2.75) is 38.5 Å². The Bertz CT molecular complexity index is 591. The molecule has 1 aromatic rings. The molecule has 0 bridgehead atoms. The minimum absolute atomic E-state index is 0.111. The summed E-state index contributed by atoms with van der Waals surface area (Å²) in [6, 6.07) is 0. The summed E-state index contributed by atoms with van der Waals surface area (Å²) < 4.78 is 0. The lowest BCUT2D eigenvalue weighted by Gasteiger charge is -2.31. The molecule has 0 radical (unpaired) electrons. The average Bonchev–Trinajstić information content (AvgIpc) is 3.08. The van der Waals surface area contributed by atoms with Crippen molar-refractivity contribution in [3.8, 4) is 0 Å². The number of aromatic nitrogens is 2. The topological polar surface area (TPSA) is 83.5 Å². The summed E-state index contributed by atoms with van der Waals surface area (Å²) in [6.45, 7) is 3.10. The van der Waals surface area contributed by atoms with E-state index in [0.29, 0.717) is 19.0 Å². The summed E-state index contributed by atoms with van der Waals surface area (Å²) >= 11 is 1.61. The quantitative estimate of drug-likeness (QED) is 0.765. The molecule has 0 aromatic carbocycles. The molecule has 3 heterocycles. The van der Waals surface area contributed by atoms with Crippen molar-refractivity contribution in [1.29, 1.82) is 0 Å². The zero-order chi connectivity index (χ0) is 15.7. The van der Waals surface area contributed by atoms with Crippen molar-refractivity contribution in [1.82, 2.24) is 20.0 Å². The largest absolute Gasteiger partial charge is 0.341 e. The van der Waals surface area contributed by atoms with E-state index < -0.39 is 0 Å². The van der Waals surface area contributed by atoms with Crippen LogP contribution in [0.1, 0.15) is 41.6 Å². The molecule has 2 aliphatic rings. The van der Waals surface area contributed by atoms with Gasteiger partial charge in [0, 0.05) is 31.8 Å². The van der Waals surface area contributed by atoms with E-state index in [1.807, 2.05) is 6.92 Å². The molecule has 0 saturated carbocycles. The van der Waals surface area contributed by atoms with Crippen LogP contribution in [0.4, 0.5) is 0 Å². The van der Waals surface area contributed by atoms with Crippen LogP contribution in [0.3, 0.4) is 0 Å². The lowest BCUT2D eigenvalue weighted by molar-refractivity contribution is -0.145. The zero-order valence-electron chi connectivity index (χ0n) is 12.4. The maximum Gasteiger partial charge on any atom is 0.242 e. The maximum absolute atomic E-state index is 12.2. The fourth-order valence-electron chi connectivity index (χ4n) is 2.89. The molecular formula is C14H18N4O3S. The number of hydrogen-bond donors (Lipinski definition) is 0. The summed E-state index contributed by atoms with van der Waals surface area (Å²) in [7, 11) is 0. The summed E-state index contributed by atoms with van der Waals surface area (Å²) in [5.41, 5.74) is 0. The molecule has 3 amide bonds. The molecular weight excluding hydrogens is 304 g/mol. The molecule has 22 heavy (non-hydrogen) atoms. The Morgan fingerprint density at radius 2 is 1.82 bits per heavy atom. The molecule has 2 aliphatic heterocycles. The highest BCUT2D eigenvalue weighted by Gasteiger charge is 2.33. The molecule has 8 heteroatoms. The number of hydrogen-bond acceptors (Lipinski definition) is 6. The van der Waals surface area contributed by atoms with Crippen LogP contribution in [-0.4, -0.2) is 57.4 Å². The number of carbonyl (C=O) groups is 3. The zero-order valence-corrected chi connectivity index (χ0v) is 13.3. The van der Waals surface area contributed by atoms with E-state index in [-0.39, 0.29) is 37.1 Å². The van der Waals surface area contributed by atoms with Crippen LogP contribution in [0.15, 0.2) is 0 Å². The van der Waals surface area contributed by atoms with Crippen molar-refractivity contribution < 1.29 is 14.4 Å². The van der Waals surface area contributed by atoms with Crippen LogP contribution in [0, 0.1) is 6.92 Å². The van der Waals surface area contributed by atoms with Crippen LogP contribution >= 0.6 is 11.3 Å². The van der Waals surface area contributed by atoms with Crippen LogP contribution < -0.4 is 0 Å². The van der Waals surface area contributed by atoms with E-state index in [1.165, 1.54) is 0 Å². The molecule has 7 nitrogen and oxygen atoms in total. The Kier molecular flexibility index (Phi) is 4.19. The maximum atomic E-state index is 12.2. The fourth-order valence-corrected chi connectivity index (χ4v) is 3.76. The highest BCUT2D eigenvalue weighted by atomic mass is 32.1. The second-order valence-corrected chi connectivity index (χ2v) is 6.90. The number of amides is 3. The monoisotopic (exact) mass is 322 g/mol. The number of rotatable bonds is 3. The van der Waals surface area contributed by atoms with Gasteiger partial charge in [-0.2, -0.15) is 0 Å². The Morgan fingerprint density at radius 1 is 1.18 bits per heavy atom. The van der Waals surface area contributed by atoms with Crippen molar-refractivity contribution in [2.24, 2.45) is 0 Å². The predicted molar refractivity (Wildman–Crippen MR) is 79.2 cm³/mol. The molecule has 0 unspecified atom stereocenters. The summed E-state index contributed by atoms with van der Waals surface area (Å²) in [5, 5.41) is 10.2. The minimum atomic E-state index is -0.238. The van der Waals surface area contributed by atoms with Crippen molar-refractivity contribution in [3.63, 3.8) is 0 Å². The SMILES string of the molecule is Cc1nnc(C2CCN(C(=O)CN3C(=O)CCC3=O)CC2)s1. The summed E-state index contributed by atoms with van der Waals surface area (Å²) in [4.78, 5) is 38.2. The Hall–Kier alpha value is -1.83. The molecule has 0 aliphatic carbocycles. The molecule has 1 aromatic heterocycles. The average molecular weight is 322 g/mol. The normalized spacial score (nSPS) is 20.0. The highest BCUT2D eigenvalue weighted by molar-refractivity contribution is 7.11. The third-order valence-corrected chi connectivity index (χ3v) is 5.19. The number of aryl methyl sites for hydroxylation is 1. The Labute approximate surface area is 132 Å². The molecule has 2 saturated heterocycles. The van der Waals surface area contributed by atoms with Gasteiger partial charge in [0.15, 0.2) is 0 Å². The molecule has 118 valence electrons. The van der Waals surface area contributed by atoms with E-state index in [0.717, 1.165) is 27.8 Å². The van der Waals surface area contributed by atoms with Crippen molar-refractivity contribution in [3.05, 3.63) is 10.0 Å². The van der Waals surface area contributed by atoms with Gasteiger partial charge >= 0.3 is 0 Å². The van der Waals surface area contributed by atoms with E-state index in [4.69, 9.17) is 0 Å². The number of nitrogens with zero attached hydrogens (tertiary/aromatic N) is 4. The van der Waals surface area contributed by atoms with E-state index in [2.05, 4.69) is 10.2 Å². The van der Waals surface area contributed by atoms with E-state index in [9.17, 15) is 14.4 Å². The molecule has 3 rings (SSSR count). The van der Waals surface area contributed by atoms with Crippen LogP contribution in [0.5, 0.6) is 0 Å². The first-order valence-electron chi connectivity index (χ1n) is 7.45. The van der Waals surface area contributed by atoms with E-state index >= 15 is 0 Å². The van der Waals surface area contributed by atoms with Crippen molar-refractivity contribution in [2.75, 3.05) is 19.6 Å². The molecule has 0 N–H and O–H groups in total. The van der Waals surface area contributed by atoms with Crippen LogP contribution in [0.25, 0.3) is 0 Å². The lowest BCUT2D eigenvalue weighted by atomic mass is 9.97. The predicted octanol–water partition coefficient (Wildman–Crippen LogP) is 0.702. The molecule has 2 fully saturated rings. The minimum Gasteiger partial charge on any atom is -0.341 e. The number of carbonyl (C=O) groups excluding carboxylic acids is 3. The van der Waals surface area contributed by atoms with E-state index in [1.54, 1.807) is 16.2 Å². The first-order valence-corrected chi connectivity index (χ1v) is 8.27. The Morgan fingerprint density at radius 3 is 2.36 bits per heavy atom.